The molecular weight excluding hydrogens is 580 g/mol. The Morgan fingerprint density at radius 3 is 1.48 bits per heavy atom. The number of carbonyl (C=O) groups is 2. The number of fused-ring (bicyclic) bond motifs is 2. The highest BCUT2D eigenvalue weighted by Gasteiger charge is 2.38. The second-order valence-corrected chi connectivity index (χ2v) is 13.9. The Morgan fingerprint density at radius 1 is 0.717 bits per heavy atom. The number of para-hydroxylation sites is 4. The van der Waals surface area contributed by atoms with E-state index >= 15 is 0 Å². The number of hydrogen-bond acceptors (Lipinski definition) is 4. The quantitative estimate of drug-likeness (QED) is 0.159. The van der Waals surface area contributed by atoms with Gasteiger partial charge >= 0.3 is 0 Å². The second kappa shape index (κ2) is 15.2. The maximum Gasteiger partial charge on any atom is 0.262 e. The van der Waals surface area contributed by atoms with Gasteiger partial charge in [0.05, 0.1) is 25.3 Å². The summed E-state index contributed by atoms with van der Waals surface area (Å²) in [5.74, 6) is 0.520. The van der Waals surface area contributed by atoms with Gasteiger partial charge in [-0.15, -0.1) is 0 Å². The third kappa shape index (κ3) is 7.78. The predicted octanol–water partition coefficient (Wildman–Crippen LogP) is 3.57. The van der Waals surface area contributed by atoms with Crippen LogP contribution in [0.1, 0.15) is 78.3 Å². The zero-order chi connectivity index (χ0) is 32.8. The Morgan fingerprint density at radius 2 is 1.11 bits per heavy atom. The standard InChI is InChI=1S/C36H50N6O4/c1-25(2)17-27(21-43)37-35(45)19-39-23-41(31-13-7-5-11-29(31)39)33-15-9-10-16-34(33)42-24-40(30-12-6-8-14-32(30)42)20-36(46)38-28(22-44)18-26(3)4/h5-8,11-14,23-28,33-34,43-44H,9-10,15-22H2,1-4H3/p+2/t27-,28-,33-,34-/m0/s1. The molecule has 1 aliphatic carbocycles. The van der Waals surface area contributed by atoms with Crippen molar-refractivity contribution in [1.29, 1.82) is 0 Å². The number of aliphatic hydroxyl groups is 2. The van der Waals surface area contributed by atoms with Crippen molar-refractivity contribution in [3.8, 4) is 0 Å². The van der Waals surface area contributed by atoms with Crippen molar-refractivity contribution >= 4 is 33.9 Å². The van der Waals surface area contributed by atoms with E-state index in [0.717, 1.165) is 60.6 Å². The van der Waals surface area contributed by atoms with E-state index in [-0.39, 0.29) is 62.3 Å². The van der Waals surface area contributed by atoms with Crippen molar-refractivity contribution in [1.82, 2.24) is 19.8 Å². The van der Waals surface area contributed by atoms with Crippen LogP contribution in [0.2, 0.25) is 0 Å². The maximum absolute atomic E-state index is 13.1. The predicted molar refractivity (Wildman–Crippen MR) is 178 cm³/mol. The van der Waals surface area contributed by atoms with E-state index < -0.39 is 0 Å². The van der Waals surface area contributed by atoms with Gasteiger partial charge in [0.2, 0.25) is 12.7 Å². The van der Waals surface area contributed by atoms with Crippen LogP contribution in [-0.4, -0.2) is 56.5 Å². The lowest BCUT2D eigenvalue weighted by Crippen LogP contribution is -2.47. The lowest BCUT2D eigenvalue weighted by Gasteiger charge is -2.27. The number of amides is 2. The summed E-state index contributed by atoms with van der Waals surface area (Å²) in [5, 5.41) is 25.7. The number of imidazole rings is 2. The number of aliphatic hydroxyl groups excluding tert-OH is 2. The molecule has 2 heterocycles. The summed E-state index contributed by atoms with van der Waals surface area (Å²) in [6.07, 6.45) is 9.84. The van der Waals surface area contributed by atoms with Crippen LogP contribution in [0.5, 0.6) is 0 Å². The van der Waals surface area contributed by atoms with E-state index in [1.807, 2.05) is 33.4 Å². The minimum absolute atomic E-state index is 0.0768. The van der Waals surface area contributed by atoms with Gasteiger partial charge in [0.15, 0.2) is 35.2 Å². The fraction of sp³-hybridized carbons (Fsp3) is 0.556. The molecule has 2 aromatic carbocycles. The summed E-state index contributed by atoms with van der Waals surface area (Å²) in [7, 11) is 0. The zero-order valence-electron chi connectivity index (χ0n) is 27.8. The van der Waals surface area contributed by atoms with Gasteiger partial charge in [0, 0.05) is 0 Å². The number of nitrogens with zero attached hydrogens (tertiary/aromatic N) is 4. The third-order valence-electron chi connectivity index (χ3n) is 9.19. The fourth-order valence-corrected chi connectivity index (χ4v) is 7.27. The first-order valence-electron chi connectivity index (χ1n) is 17.0. The summed E-state index contributed by atoms with van der Waals surface area (Å²) in [5.41, 5.74) is 4.15. The van der Waals surface area contributed by atoms with E-state index in [1.165, 1.54) is 0 Å². The molecule has 0 unspecified atom stereocenters. The molecule has 0 saturated heterocycles. The van der Waals surface area contributed by atoms with Crippen molar-refractivity contribution in [3.63, 3.8) is 0 Å². The van der Waals surface area contributed by atoms with Crippen molar-refractivity contribution in [2.45, 2.75) is 103 Å². The second-order valence-electron chi connectivity index (χ2n) is 13.9. The average Bonchev–Trinajstić information content (AvgIpc) is 3.58. The number of rotatable bonds is 14. The SMILES string of the molecule is CC(C)C[C@@H](CO)NC(=O)C[n+]1cn([C@H]2CCCC[C@@H]2n2c[n+](CC(=O)N[C@H](CO)CC(C)C)c3ccccc32)c2ccccc21. The molecule has 1 fully saturated rings. The lowest BCUT2D eigenvalue weighted by atomic mass is 9.89. The van der Waals surface area contributed by atoms with Gasteiger partial charge in [-0.2, -0.15) is 0 Å². The highest BCUT2D eigenvalue weighted by atomic mass is 16.3. The van der Waals surface area contributed by atoms with Crippen LogP contribution >= 0.6 is 0 Å². The normalized spacial score (nSPS) is 18.3. The molecule has 5 rings (SSSR count). The van der Waals surface area contributed by atoms with Gasteiger partial charge < -0.3 is 20.8 Å². The van der Waals surface area contributed by atoms with Crippen LogP contribution in [0.3, 0.4) is 0 Å². The zero-order valence-corrected chi connectivity index (χ0v) is 27.8. The first-order valence-corrected chi connectivity index (χ1v) is 17.0. The Hall–Kier alpha value is -3.76. The molecule has 0 radical (unpaired) electrons. The first-order chi connectivity index (χ1) is 22.2. The van der Waals surface area contributed by atoms with Crippen molar-refractivity contribution in [2.24, 2.45) is 11.8 Å². The summed E-state index contributed by atoms with van der Waals surface area (Å²) < 4.78 is 8.72. The van der Waals surface area contributed by atoms with Gasteiger partial charge in [0.25, 0.3) is 11.8 Å². The molecule has 4 N–H and O–H groups in total. The van der Waals surface area contributed by atoms with E-state index in [1.54, 1.807) is 0 Å². The highest BCUT2D eigenvalue weighted by molar-refractivity contribution is 5.77. The van der Waals surface area contributed by atoms with Crippen LogP contribution in [0.15, 0.2) is 61.2 Å². The monoisotopic (exact) mass is 632 g/mol. The Balaban J connectivity index is 1.44. The van der Waals surface area contributed by atoms with Crippen LogP contribution in [0, 0.1) is 11.8 Å². The van der Waals surface area contributed by atoms with E-state index in [4.69, 9.17) is 0 Å². The summed E-state index contributed by atoms with van der Waals surface area (Å²) >= 11 is 0. The molecule has 2 amide bonds. The van der Waals surface area contributed by atoms with E-state index in [0.29, 0.717) is 11.8 Å². The van der Waals surface area contributed by atoms with Crippen LogP contribution in [0.25, 0.3) is 22.1 Å². The fourth-order valence-electron chi connectivity index (χ4n) is 7.27. The molecule has 4 aromatic rings. The molecule has 1 aliphatic rings. The molecule has 10 nitrogen and oxygen atoms in total. The first kappa shape index (κ1) is 33.6. The van der Waals surface area contributed by atoms with Gasteiger partial charge in [-0.05, 0) is 74.6 Å². The number of benzene rings is 2. The van der Waals surface area contributed by atoms with Crippen LogP contribution < -0.4 is 19.8 Å². The molecule has 4 atom stereocenters. The van der Waals surface area contributed by atoms with Gasteiger partial charge in [0.1, 0.15) is 12.1 Å². The summed E-state index contributed by atoms with van der Waals surface area (Å²) in [6, 6.07) is 16.2. The Kier molecular flexibility index (Phi) is 11.1. The largest absolute Gasteiger partial charge is 0.394 e. The van der Waals surface area contributed by atoms with Crippen molar-refractivity contribution in [2.75, 3.05) is 13.2 Å². The average molecular weight is 633 g/mol. The Labute approximate surface area is 272 Å². The molecule has 248 valence electrons. The lowest BCUT2D eigenvalue weighted by molar-refractivity contribution is -0.660. The maximum atomic E-state index is 13.1. The molecule has 46 heavy (non-hydrogen) atoms. The third-order valence-corrected chi connectivity index (χ3v) is 9.19. The van der Waals surface area contributed by atoms with E-state index in [9.17, 15) is 19.8 Å². The van der Waals surface area contributed by atoms with Crippen molar-refractivity contribution < 1.29 is 28.9 Å². The number of carbonyl (C=O) groups excluding carboxylic acids is 2. The van der Waals surface area contributed by atoms with Crippen molar-refractivity contribution in [3.05, 3.63) is 61.2 Å². The van der Waals surface area contributed by atoms with E-state index in [2.05, 4.69) is 84.4 Å². The minimum atomic E-state index is -0.260. The smallest absolute Gasteiger partial charge is 0.262 e. The highest BCUT2D eigenvalue weighted by Crippen LogP contribution is 2.40. The molecule has 1 saturated carbocycles. The molecule has 2 aromatic heterocycles. The summed E-state index contributed by atoms with van der Waals surface area (Å²) in [4.78, 5) is 26.3. The van der Waals surface area contributed by atoms with Gasteiger partial charge in [-0.3, -0.25) is 9.59 Å². The van der Waals surface area contributed by atoms with Gasteiger partial charge in [-0.1, -0.05) is 52.0 Å². The molecule has 10 heteroatoms. The minimum Gasteiger partial charge on any atom is -0.394 e. The number of hydrogen-bond donors (Lipinski definition) is 4. The number of aromatic nitrogens is 4. The molecule has 0 bridgehead atoms. The number of nitrogens with one attached hydrogen (secondary N) is 2. The van der Waals surface area contributed by atoms with Gasteiger partial charge in [-0.25, -0.2) is 18.3 Å². The molecule has 0 aliphatic heterocycles. The Bertz CT molecular complexity index is 1510. The topological polar surface area (TPSA) is 116 Å². The van der Waals surface area contributed by atoms with Crippen LogP contribution in [0.4, 0.5) is 0 Å². The molecule has 0 spiro atoms. The molecular formula is C36H52N6O4+2. The van der Waals surface area contributed by atoms with Crippen LogP contribution in [-0.2, 0) is 22.7 Å². The summed E-state index contributed by atoms with van der Waals surface area (Å²) in [6.45, 7) is 8.54.